The molecule has 2 aromatic carbocycles. The van der Waals surface area contributed by atoms with E-state index in [4.69, 9.17) is 4.74 Å². The van der Waals surface area contributed by atoms with Crippen LogP contribution < -0.4 is 15.6 Å². The van der Waals surface area contributed by atoms with Crippen LogP contribution >= 0.6 is 0 Å². The summed E-state index contributed by atoms with van der Waals surface area (Å²) in [7, 11) is 0. The monoisotopic (exact) mass is 406 g/mol. The molecule has 0 fully saturated rings. The van der Waals surface area contributed by atoms with Gasteiger partial charge in [-0.05, 0) is 47.7 Å². The Morgan fingerprint density at radius 2 is 1.80 bits per heavy atom. The largest absolute Gasteiger partial charge is 0.483 e. The number of nitrogens with zero attached hydrogens (tertiary/aromatic N) is 2. The Morgan fingerprint density at radius 1 is 1.07 bits per heavy atom. The molecular weight excluding hydrogens is 380 g/mol. The van der Waals surface area contributed by atoms with Gasteiger partial charge in [0.2, 0.25) is 5.91 Å². The Bertz CT molecular complexity index is 1010. The van der Waals surface area contributed by atoms with Gasteiger partial charge in [-0.3, -0.25) is 20.4 Å². The van der Waals surface area contributed by atoms with Crippen LogP contribution in [0.3, 0.4) is 0 Å². The van der Waals surface area contributed by atoms with Crippen molar-refractivity contribution in [2.75, 3.05) is 6.61 Å². The van der Waals surface area contributed by atoms with Crippen molar-refractivity contribution in [1.29, 1.82) is 0 Å². The number of nitrogens with one attached hydrogen (secondary N) is 2. The molecule has 2 amide bonds. The van der Waals surface area contributed by atoms with Crippen LogP contribution in [-0.4, -0.2) is 28.2 Å². The minimum atomic E-state index is -0.431. The summed E-state index contributed by atoms with van der Waals surface area (Å²) in [5.74, 6) is 0.189. The first-order chi connectivity index (χ1) is 14.4. The molecule has 2 N–H and O–H groups in total. The van der Waals surface area contributed by atoms with Gasteiger partial charge in [0.05, 0.1) is 18.3 Å². The third-order valence-corrected chi connectivity index (χ3v) is 4.51. The van der Waals surface area contributed by atoms with E-state index in [0.717, 1.165) is 22.4 Å². The summed E-state index contributed by atoms with van der Waals surface area (Å²) in [6, 6.07) is 15.5. The van der Waals surface area contributed by atoms with Crippen molar-refractivity contribution in [1.82, 2.24) is 20.6 Å². The minimum absolute atomic E-state index is 0.101. The third kappa shape index (κ3) is 5.70. The molecule has 0 saturated heterocycles. The van der Waals surface area contributed by atoms with Crippen LogP contribution in [0.5, 0.6) is 5.75 Å². The second-order valence-electron chi connectivity index (χ2n) is 7.39. The second-order valence-corrected chi connectivity index (χ2v) is 7.39. The van der Waals surface area contributed by atoms with Crippen molar-refractivity contribution in [2.45, 2.75) is 33.1 Å². The van der Waals surface area contributed by atoms with E-state index in [1.54, 1.807) is 17.1 Å². The molecule has 3 aromatic rings. The predicted octanol–water partition coefficient (Wildman–Crippen LogP) is 3.07. The summed E-state index contributed by atoms with van der Waals surface area (Å²) in [5.41, 5.74) is 8.53. The molecule has 0 saturated carbocycles. The van der Waals surface area contributed by atoms with Crippen LogP contribution in [0, 0.1) is 6.92 Å². The Hall–Kier alpha value is -3.61. The minimum Gasteiger partial charge on any atom is -0.483 e. The summed E-state index contributed by atoms with van der Waals surface area (Å²) >= 11 is 0. The molecule has 0 radical (unpaired) electrons. The Balaban J connectivity index is 1.47. The van der Waals surface area contributed by atoms with Crippen LogP contribution in [0.1, 0.15) is 36.5 Å². The van der Waals surface area contributed by atoms with Crippen LogP contribution in [0.2, 0.25) is 0 Å². The fourth-order valence-corrected chi connectivity index (χ4v) is 2.97. The van der Waals surface area contributed by atoms with E-state index < -0.39 is 5.91 Å². The maximum absolute atomic E-state index is 12.1. The molecule has 0 aliphatic heterocycles. The van der Waals surface area contributed by atoms with Crippen molar-refractivity contribution in [3.63, 3.8) is 0 Å². The van der Waals surface area contributed by atoms with E-state index in [1.807, 2.05) is 55.5 Å². The van der Waals surface area contributed by atoms with Crippen molar-refractivity contribution >= 4 is 11.8 Å². The van der Waals surface area contributed by atoms with Crippen molar-refractivity contribution in [3.05, 3.63) is 77.6 Å². The smallest absolute Gasteiger partial charge is 0.276 e. The first-order valence-corrected chi connectivity index (χ1v) is 9.82. The SMILES string of the molecule is Cc1ccc(C(C)C)c(OCC(=O)NNC(=O)Cc2cnn(-c3ccccc3)c2)c1. The lowest BCUT2D eigenvalue weighted by Crippen LogP contribution is -2.44. The number of hydrazine groups is 1. The molecule has 7 heteroatoms. The van der Waals surface area contributed by atoms with Crippen LogP contribution in [0.15, 0.2) is 60.9 Å². The van der Waals surface area contributed by atoms with E-state index in [0.29, 0.717) is 5.75 Å². The standard InChI is InChI=1S/C23H26N4O3/c1-16(2)20-10-9-17(3)11-21(20)30-15-23(29)26-25-22(28)12-18-13-24-27(14-18)19-7-5-4-6-8-19/h4-11,13-14,16H,12,15H2,1-3H3,(H,25,28)(H,26,29). The lowest BCUT2D eigenvalue weighted by atomic mass is 10.0. The maximum Gasteiger partial charge on any atom is 0.276 e. The Morgan fingerprint density at radius 3 is 2.53 bits per heavy atom. The second kappa shape index (κ2) is 9.73. The molecular formula is C23H26N4O3. The van der Waals surface area contributed by atoms with Gasteiger partial charge in [-0.1, -0.05) is 44.2 Å². The first kappa shape index (κ1) is 21.1. The lowest BCUT2D eigenvalue weighted by Gasteiger charge is -2.15. The summed E-state index contributed by atoms with van der Waals surface area (Å²) < 4.78 is 7.36. The zero-order valence-electron chi connectivity index (χ0n) is 17.4. The molecule has 7 nitrogen and oxygen atoms in total. The number of hydrogen-bond acceptors (Lipinski definition) is 4. The number of hydrogen-bond donors (Lipinski definition) is 2. The summed E-state index contributed by atoms with van der Waals surface area (Å²) in [5, 5.41) is 4.26. The average Bonchev–Trinajstić information content (AvgIpc) is 3.19. The molecule has 0 unspecified atom stereocenters. The van der Waals surface area contributed by atoms with E-state index >= 15 is 0 Å². The van der Waals surface area contributed by atoms with E-state index in [9.17, 15) is 9.59 Å². The fourth-order valence-electron chi connectivity index (χ4n) is 2.97. The van der Waals surface area contributed by atoms with E-state index in [1.165, 1.54) is 0 Å². The Kier molecular flexibility index (Phi) is 6.85. The summed E-state index contributed by atoms with van der Waals surface area (Å²) in [4.78, 5) is 24.2. The average molecular weight is 406 g/mol. The highest BCUT2D eigenvalue weighted by Crippen LogP contribution is 2.27. The topological polar surface area (TPSA) is 85.2 Å². The molecule has 1 heterocycles. The van der Waals surface area contributed by atoms with Gasteiger partial charge in [0, 0.05) is 6.20 Å². The van der Waals surface area contributed by atoms with E-state index in [-0.39, 0.29) is 24.9 Å². The highest BCUT2D eigenvalue weighted by atomic mass is 16.5. The number of carbonyl (C=O) groups excluding carboxylic acids is 2. The Labute approximate surface area is 176 Å². The lowest BCUT2D eigenvalue weighted by molar-refractivity contribution is -0.129. The zero-order valence-corrected chi connectivity index (χ0v) is 17.4. The molecule has 0 bridgehead atoms. The summed E-state index contributed by atoms with van der Waals surface area (Å²) in [6.07, 6.45) is 3.51. The number of para-hydroxylation sites is 1. The van der Waals surface area contributed by atoms with Gasteiger partial charge in [0.25, 0.3) is 5.91 Å². The van der Waals surface area contributed by atoms with Crippen LogP contribution in [-0.2, 0) is 16.0 Å². The number of ether oxygens (including phenoxy) is 1. The number of amides is 2. The molecule has 156 valence electrons. The normalized spacial score (nSPS) is 10.7. The molecule has 0 atom stereocenters. The number of rotatable bonds is 7. The number of benzene rings is 2. The van der Waals surface area contributed by atoms with Crippen molar-refractivity contribution in [2.24, 2.45) is 0 Å². The molecule has 0 aliphatic rings. The molecule has 1 aromatic heterocycles. The molecule has 30 heavy (non-hydrogen) atoms. The zero-order chi connectivity index (χ0) is 21.5. The predicted molar refractivity (Wildman–Crippen MR) is 114 cm³/mol. The first-order valence-electron chi connectivity index (χ1n) is 9.82. The molecule has 3 rings (SSSR count). The van der Waals surface area contributed by atoms with Crippen LogP contribution in [0.25, 0.3) is 5.69 Å². The van der Waals surface area contributed by atoms with Gasteiger partial charge in [0.1, 0.15) is 5.75 Å². The third-order valence-electron chi connectivity index (χ3n) is 4.51. The quantitative estimate of drug-likeness (QED) is 0.591. The maximum atomic E-state index is 12.1. The highest BCUT2D eigenvalue weighted by Gasteiger charge is 2.12. The van der Waals surface area contributed by atoms with Gasteiger partial charge >= 0.3 is 0 Å². The number of carbonyl (C=O) groups is 2. The van der Waals surface area contributed by atoms with Gasteiger partial charge in [-0.15, -0.1) is 0 Å². The van der Waals surface area contributed by atoms with Crippen LogP contribution in [0.4, 0.5) is 0 Å². The molecule has 0 aliphatic carbocycles. The van der Waals surface area contributed by atoms with E-state index in [2.05, 4.69) is 29.8 Å². The van der Waals surface area contributed by atoms with Gasteiger partial charge < -0.3 is 4.74 Å². The summed E-state index contributed by atoms with van der Waals surface area (Å²) in [6.45, 7) is 5.92. The number of aromatic nitrogens is 2. The van der Waals surface area contributed by atoms with Crippen molar-refractivity contribution in [3.8, 4) is 11.4 Å². The molecule has 0 spiro atoms. The van der Waals surface area contributed by atoms with Gasteiger partial charge in [0.15, 0.2) is 6.61 Å². The van der Waals surface area contributed by atoms with Gasteiger partial charge in [-0.25, -0.2) is 4.68 Å². The highest BCUT2D eigenvalue weighted by molar-refractivity contribution is 5.83. The number of aryl methyl sites for hydroxylation is 1. The van der Waals surface area contributed by atoms with Crippen molar-refractivity contribution < 1.29 is 14.3 Å². The fraction of sp³-hybridized carbons (Fsp3) is 0.261. The van der Waals surface area contributed by atoms with Gasteiger partial charge in [-0.2, -0.15) is 5.10 Å².